The fourth-order valence-corrected chi connectivity index (χ4v) is 7.93. The van der Waals surface area contributed by atoms with Crippen molar-refractivity contribution in [3.63, 3.8) is 0 Å². The number of benzene rings is 3. The first kappa shape index (κ1) is 36.7. The van der Waals surface area contributed by atoms with E-state index in [9.17, 15) is 39.9 Å². The Balaban J connectivity index is 1.38. The van der Waals surface area contributed by atoms with Crippen LogP contribution in [0, 0.1) is 5.41 Å². The van der Waals surface area contributed by atoms with E-state index in [-0.39, 0.29) is 89.7 Å². The summed E-state index contributed by atoms with van der Waals surface area (Å²) < 4.78 is 24.8. The van der Waals surface area contributed by atoms with Crippen LogP contribution in [0.5, 0.6) is 11.5 Å². The number of ketones is 2. The van der Waals surface area contributed by atoms with Crippen molar-refractivity contribution in [2.75, 3.05) is 39.7 Å². The van der Waals surface area contributed by atoms with Gasteiger partial charge >= 0.3 is 0 Å². The van der Waals surface area contributed by atoms with Gasteiger partial charge in [-0.3, -0.25) is 25.1 Å². The van der Waals surface area contributed by atoms with Gasteiger partial charge in [0.1, 0.15) is 30.6 Å². The van der Waals surface area contributed by atoms with Crippen LogP contribution in [0.4, 0.5) is 5.69 Å². The molecule has 7 unspecified atom stereocenters. The molecule has 17 heteroatoms. The predicted molar refractivity (Wildman–Crippen MR) is 190 cm³/mol. The Bertz CT molecular complexity index is 2170. The zero-order chi connectivity index (χ0) is 38.6. The number of aliphatic imine (C=N–C) groups is 2. The molecule has 1 fully saturated rings. The molecule has 17 nitrogen and oxygen atoms in total. The average Bonchev–Trinajstić information content (AvgIpc) is 3.60. The number of hydrogen-bond donors (Lipinski definition) is 8. The van der Waals surface area contributed by atoms with Crippen molar-refractivity contribution >= 4 is 40.7 Å². The quantitative estimate of drug-likeness (QED) is 0.110. The summed E-state index contributed by atoms with van der Waals surface area (Å²) in [5.41, 5.74) is -0.711. The molecule has 8 rings (SSSR count). The van der Waals surface area contributed by atoms with E-state index in [1.54, 1.807) is 30.3 Å². The Morgan fingerprint density at radius 2 is 1.73 bits per heavy atom. The number of fused-ring (bicyclic) bond motifs is 6. The fraction of sp³-hybridized carbons (Fsp3) is 0.368. The molecule has 0 aromatic heterocycles. The zero-order valence-corrected chi connectivity index (χ0v) is 29.2. The van der Waals surface area contributed by atoms with Crippen molar-refractivity contribution < 1.29 is 63.8 Å². The molecule has 286 valence electrons. The minimum Gasteiger partial charge on any atom is -0.486 e. The highest BCUT2D eigenvalue weighted by Gasteiger charge is 2.57. The molecule has 1 saturated heterocycles. The highest BCUT2D eigenvalue weighted by molar-refractivity contribution is 6.68. The summed E-state index contributed by atoms with van der Waals surface area (Å²) in [6.07, 6.45) is -6.86. The van der Waals surface area contributed by atoms with Crippen LogP contribution in [-0.2, 0) is 14.3 Å². The number of carbonyl (C=O) groups excluding carboxylic acids is 3. The second-order valence-electron chi connectivity index (χ2n) is 13.8. The molecule has 1 aliphatic carbocycles. The molecule has 3 aromatic rings. The summed E-state index contributed by atoms with van der Waals surface area (Å²) in [7, 11) is 0. The van der Waals surface area contributed by atoms with E-state index in [4.69, 9.17) is 24.4 Å². The summed E-state index contributed by atoms with van der Waals surface area (Å²) >= 11 is 0. The van der Waals surface area contributed by atoms with Crippen LogP contribution in [0.25, 0.3) is 0 Å². The fourth-order valence-electron chi connectivity index (χ4n) is 7.93. The first-order chi connectivity index (χ1) is 26.6. The molecule has 3 aromatic carbocycles. The Morgan fingerprint density at radius 3 is 2.49 bits per heavy atom. The lowest BCUT2D eigenvalue weighted by atomic mass is 9.79. The molecule has 2 bridgehead atoms. The third-order valence-electron chi connectivity index (χ3n) is 10.6. The van der Waals surface area contributed by atoms with E-state index in [0.29, 0.717) is 16.2 Å². The number of nitrogens with zero attached hydrogens (tertiary/aromatic N) is 2. The van der Waals surface area contributed by atoms with Gasteiger partial charge in [0.05, 0.1) is 18.8 Å². The van der Waals surface area contributed by atoms with Crippen molar-refractivity contribution in [1.29, 1.82) is 5.41 Å². The van der Waals surface area contributed by atoms with E-state index in [0.717, 1.165) is 0 Å². The van der Waals surface area contributed by atoms with Crippen molar-refractivity contribution in [3.05, 3.63) is 88.0 Å². The van der Waals surface area contributed by atoms with Gasteiger partial charge < -0.3 is 44.5 Å². The Kier molecular flexibility index (Phi) is 9.64. The van der Waals surface area contributed by atoms with Gasteiger partial charge in [0.15, 0.2) is 35.3 Å². The third kappa shape index (κ3) is 6.05. The lowest BCUT2D eigenvalue weighted by Gasteiger charge is -2.47. The maximum absolute atomic E-state index is 14.3. The van der Waals surface area contributed by atoms with Crippen LogP contribution in [0.15, 0.2) is 64.6 Å². The Labute approximate surface area is 313 Å². The molecule has 0 spiro atoms. The monoisotopic (exact) mass is 756 g/mol. The molecule has 1 amide bonds. The van der Waals surface area contributed by atoms with E-state index in [2.05, 4.69) is 15.3 Å². The number of para-hydroxylation sites is 1. The van der Waals surface area contributed by atoms with Crippen LogP contribution in [0.2, 0.25) is 0 Å². The number of rotatable bonds is 7. The normalized spacial score (nSPS) is 28.7. The summed E-state index contributed by atoms with van der Waals surface area (Å²) in [4.78, 5) is 50.7. The molecule has 0 saturated carbocycles. The van der Waals surface area contributed by atoms with Crippen LogP contribution < -0.4 is 19.7 Å². The molecule has 55 heavy (non-hydrogen) atoms. The minimum atomic E-state index is -2.41. The van der Waals surface area contributed by atoms with Gasteiger partial charge in [-0.1, -0.05) is 42.5 Å². The van der Waals surface area contributed by atoms with E-state index in [1.807, 2.05) is 12.1 Å². The zero-order valence-electron chi connectivity index (χ0n) is 29.2. The van der Waals surface area contributed by atoms with Gasteiger partial charge in [0.2, 0.25) is 18.0 Å². The summed E-state index contributed by atoms with van der Waals surface area (Å²) in [6, 6.07) is 15.0. The SMILES string of the molecule is N=C1N=C2C(=NC[NH+]2c2ccccc2C2CCOCC3OC(Oc4c2cc2c(c4OCCO)C(=O)c4ccccc4C2=O)C(O)(CCO)C(O)C3O)C(=O)N1. The molecule has 5 aliphatic rings. The van der Waals surface area contributed by atoms with Crippen molar-refractivity contribution in [3.8, 4) is 11.5 Å². The first-order valence-electron chi connectivity index (χ1n) is 17.8. The number of ether oxygens (including phenoxy) is 4. The first-order valence-corrected chi connectivity index (χ1v) is 17.8. The number of amides is 1. The lowest BCUT2D eigenvalue weighted by molar-refractivity contribution is -0.723. The number of hydrogen-bond acceptors (Lipinski definition) is 14. The van der Waals surface area contributed by atoms with Gasteiger partial charge in [0, 0.05) is 53.4 Å². The number of nitrogens with one attached hydrogen (secondary N) is 3. The molecular weight excluding hydrogens is 718 g/mol. The summed E-state index contributed by atoms with van der Waals surface area (Å²) in [5.74, 6) is -2.87. The van der Waals surface area contributed by atoms with Crippen molar-refractivity contribution in [2.24, 2.45) is 9.98 Å². The van der Waals surface area contributed by atoms with Gasteiger partial charge in [0.25, 0.3) is 11.7 Å². The lowest BCUT2D eigenvalue weighted by Crippen LogP contribution is -3.09. The second-order valence-corrected chi connectivity index (χ2v) is 13.8. The smallest absolute Gasteiger partial charge is 0.284 e. The van der Waals surface area contributed by atoms with Crippen molar-refractivity contribution in [1.82, 2.24) is 5.32 Å². The van der Waals surface area contributed by atoms with E-state index >= 15 is 0 Å². The van der Waals surface area contributed by atoms with Gasteiger partial charge in [-0.25, -0.2) is 9.89 Å². The van der Waals surface area contributed by atoms with Crippen LogP contribution >= 0.6 is 0 Å². The molecule has 8 N–H and O–H groups in total. The summed E-state index contributed by atoms with van der Waals surface area (Å²) in [5, 5.41) is 64.6. The summed E-state index contributed by atoms with van der Waals surface area (Å²) in [6.45, 7) is -1.63. The molecular formula is C38H38N5O12+. The number of quaternary nitrogens is 1. The van der Waals surface area contributed by atoms with Gasteiger partial charge in [-0.15, -0.1) is 0 Å². The second kappa shape index (κ2) is 14.4. The Morgan fingerprint density at radius 1 is 0.982 bits per heavy atom. The number of aliphatic hydroxyl groups excluding tert-OH is 4. The predicted octanol–water partition coefficient (Wildman–Crippen LogP) is -1.28. The van der Waals surface area contributed by atoms with E-state index < -0.39 is 73.2 Å². The molecule has 0 radical (unpaired) electrons. The number of aliphatic hydroxyl groups is 5. The Hall–Kier alpha value is -5.24. The van der Waals surface area contributed by atoms with E-state index in [1.165, 1.54) is 12.1 Å². The maximum Gasteiger partial charge on any atom is 0.284 e. The van der Waals surface area contributed by atoms with Crippen molar-refractivity contribution in [2.45, 2.75) is 49.0 Å². The molecule has 7 atom stereocenters. The van der Waals surface area contributed by atoms with Gasteiger partial charge in [-0.05, 0) is 18.6 Å². The average molecular weight is 757 g/mol. The number of carbonyl (C=O) groups is 3. The number of amidine groups is 1. The largest absolute Gasteiger partial charge is 0.486 e. The van der Waals surface area contributed by atoms with Crippen LogP contribution in [0.1, 0.15) is 61.7 Å². The highest BCUT2D eigenvalue weighted by atomic mass is 16.7. The number of guanidine groups is 1. The minimum absolute atomic E-state index is 0.0123. The molecule has 4 heterocycles. The standard InChI is InChI=1S/C38H37N5O12/c39-37-41-34-27(35(50)42-37)40-17-43(34)24-8-4-3-5-19(24)18-9-13-52-16-25-30(48)33(49)38(51,10-11-44)36(54-25)55-31-22(18)15-23-26(32(31)53-14-12-45)29(47)21-7-2-1-6-20(21)28(23)46/h1-8,15,18,25,30,33,36,44-45,48-49,51H,9-14,16-17H2,(H2,39,42,50)/p+1. The molecule has 4 aliphatic heterocycles. The van der Waals surface area contributed by atoms with Gasteiger partial charge in [-0.2, -0.15) is 4.99 Å². The third-order valence-corrected chi connectivity index (χ3v) is 10.6. The van der Waals surface area contributed by atoms with Crippen LogP contribution in [-0.4, -0.2) is 130 Å². The topological polar surface area (TPSA) is 254 Å². The highest BCUT2D eigenvalue weighted by Crippen LogP contribution is 2.49. The maximum atomic E-state index is 14.3. The van der Waals surface area contributed by atoms with Crippen LogP contribution in [0.3, 0.4) is 0 Å².